The molecule has 2 aromatic rings. The quantitative estimate of drug-likeness (QED) is 0.758. The summed E-state index contributed by atoms with van der Waals surface area (Å²) >= 11 is 0. The average molecular weight is 290 g/mol. The van der Waals surface area contributed by atoms with E-state index in [2.05, 4.69) is 11.2 Å². The molecule has 1 heterocycles. The molecule has 4 nitrogen and oxygen atoms in total. The van der Waals surface area contributed by atoms with Crippen LogP contribution < -0.4 is 0 Å². The van der Waals surface area contributed by atoms with E-state index in [0.717, 1.165) is 35.5 Å². The molecule has 0 spiro atoms. The highest BCUT2D eigenvalue weighted by molar-refractivity contribution is 6.22. The molecule has 0 saturated heterocycles. The molecule has 1 aliphatic heterocycles. The first-order chi connectivity index (χ1) is 10.8. The van der Waals surface area contributed by atoms with E-state index in [9.17, 15) is 9.59 Å². The molecule has 0 fully saturated rings. The first kappa shape index (κ1) is 13.0. The number of aryl methyl sites for hydroxylation is 1. The lowest BCUT2D eigenvalue weighted by Crippen LogP contribution is -2.27. The van der Waals surface area contributed by atoms with E-state index in [1.807, 2.05) is 18.2 Å². The minimum Gasteiger partial charge on any atom is -0.267 e. The maximum atomic E-state index is 12.4. The molecule has 2 amide bonds. The van der Waals surface area contributed by atoms with Gasteiger partial charge >= 0.3 is 0 Å². The number of carbonyl (C=O) groups is 2. The summed E-state index contributed by atoms with van der Waals surface area (Å²) in [6.45, 7) is 0. The molecule has 0 radical (unpaired) electrons. The Hall–Kier alpha value is -2.75. The SMILES string of the molecule is O=C1c2ccccc2C(=O)N1/N=C1\CCCc2ccccc21. The van der Waals surface area contributed by atoms with E-state index >= 15 is 0 Å². The molecule has 22 heavy (non-hydrogen) atoms. The van der Waals surface area contributed by atoms with Crippen LogP contribution in [0.3, 0.4) is 0 Å². The summed E-state index contributed by atoms with van der Waals surface area (Å²) in [6.07, 6.45) is 2.78. The second kappa shape index (κ2) is 4.91. The third-order valence-corrected chi connectivity index (χ3v) is 4.18. The molecule has 1 aliphatic carbocycles. The lowest BCUT2D eigenvalue weighted by Gasteiger charge is -2.19. The minimum absolute atomic E-state index is 0.337. The van der Waals surface area contributed by atoms with Crippen LogP contribution in [0.2, 0.25) is 0 Å². The van der Waals surface area contributed by atoms with Gasteiger partial charge in [0, 0.05) is 5.56 Å². The number of carbonyl (C=O) groups excluding carboxylic acids is 2. The van der Waals surface area contributed by atoms with Crippen molar-refractivity contribution >= 4 is 17.5 Å². The summed E-state index contributed by atoms with van der Waals surface area (Å²) in [5, 5.41) is 5.42. The minimum atomic E-state index is -0.337. The summed E-state index contributed by atoms with van der Waals surface area (Å²) in [4.78, 5) is 24.8. The highest BCUT2D eigenvalue weighted by atomic mass is 16.2. The second-order valence-electron chi connectivity index (χ2n) is 5.53. The molecular formula is C18H14N2O2. The summed E-state index contributed by atoms with van der Waals surface area (Å²) in [6, 6.07) is 14.9. The van der Waals surface area contributed by atoms with E-state index in [1.54, 1.807) is 24.3 Å². The molecule has 4 heteroatoms. The number of fused-ring (bicyclic) bond motifs is 2. The van der Waals surface area contributed by atoms with Gasteiger partial charge in [-0.2, -0.15) is 10.1 Å². The fraction of sp³-hybridized carbons (Fsp3) is 0.167. The third-order valence-electron chi connectivity index (χ3n) is 4.18. The second-order valence-corrected chi connectivity index (χ2v) is 5.53. The van der Waals surface area contributed by atoms with Crippen LogP contribution in [0.15, 0.2) is 53.6 Å². The molecule has 0 bridgehead atoms. The zero-order chi connectivity index (χ0) is 15.1. The number of hydrogen-bond donors (Lipinski definition) is 0. The number of amides is 2. The number of hydrogen-bond acceptors (Lipinski definition) is 3. The van der Waals surface area contributed by atoms with E-state index < -0.39 is 0 Å². The molecule has 0 atom stereocenters. The summed E-state index contributed by atoms with van der Waals surface area (Å²) < 4.78 is 0. The van der Waals surface area contributed by atoms with E-state index in [0.29, 0.717) is 11.1 Å². The van der Waals surface area contributed by atoms with Gasteiger partial charge in [-0.3, -0.25) is 9.59 Å². The molecule has 0 N–H and O–H groups in total. The van der Waals surface area contributed by atoms with Crippen molar-refractivity contribution in [2.24, 2.45) is 5.10 Å². The Morgan fingerprint density at radius 2 is 1.36 bits per heavy atom. The van der Waals surface area contributed by atoms with Crippen LogP contribution in [0, 0.1) is 0 Å². The lowest BCUT2D eigenvalue weighted by atomic mass is 9.90. The van der Waals surface area contributed by atoms with Crippen LogP contribution in [0.1, 0.15) is 44.7 Å². The first-order valence-electron chi connectivity index (χ1n) is 7.39. The molecular weight excluding hydrogens is 276 g/mol. The van der Waals surface area contributed by atoms with Gasteiger partial charge in [-0.1, -0.05) is 36.4 Å². The molecule has 0 aromatic heterocycles. The van der Waals surface area contributed by atoms with Crippen LogP contribution in [-0.4, -0.2) is 22.5 Å². The van der Waals surface area contributed by atoms with Crippen molar-refractivity contribution in [3.8, 4) is 0 Å². The van der Waals surface area contributed by atoms with Crippen LogP contribution >= 0.6 is 0 Å². The Kier molecular flexibility index (Phi) is 2.89. The number of imide groups is 1. The summed E-state index contributed by atoms with van der Waals surface area (Å²) in [5.74, 6) is -0.674. The van der Waals surface area contributed by atoms with Crippen LogP contribution in [0.25, 0.3) is 0 Å². The zero-order valence-corrected chi connectivity index (χ0v) is 12.0. The van der Waals surface area contributed by atoms with Crippen molar-refractivity contribution in [2.45, 2.75) is 19.3 Å². The Morgan fingerprint density at radius 1 is 0.773 bits per heavy atom. The summed E-state index contributed by atoms with van der Waals surface area (Å²) in [5.41, 5.74) is 3.95. The van der Waals surface area contributed by atoms with Gasteiger partial charge in [-0.25, -0.2) is 0 Å². The number of hydrazone groups is 1. The van der Waals surface area contributed by atoms with Gasteiger partial charge in [0.15, 0.2) is 0 Å². The Bertz CT molecular complexity index is 788. The van der Waals surface area contributed by atoms with Gasteiger partial charge < -0.3 is 0 Å². The normalized spacial score (nSPS) is 18.5. The molecule has 2 aromatic carbocycles. The average Bonchev–Trinajstić information content (AvgIpc) is 2.81. The smallest absolute Gasteiger partial charge is 0.267 e. The number of nitrogens with zero attached hydrogens (tertiary/aromatic N) is 2. The molecule has 4 rings (SSSR count). The Balaban J connectivity index is 1.77. The largest absolute Gasteiger partial charge is 0.282 e. The Labute approximate surface area is 128 Å². The molecule has 0 unspecified atom stereocenters. The van der Waals surface area contributed by atoms with Crippen molar-refractivity contribution in [3.05, 3.63) is 70.8 Å². The fourth-order valence-electron chi connectivity index (χ4n) is 3.09. The fourth-order valence-corrected chi connectivity index (χ4v) is 3.09. The number of rotatable bonds is 1. The van der Waals surface area contributed by atoms with Crippen LogP contribution in [0.5, 0.6) is 0 Å². The standard InChI is InChI=1S/C18H14N2O2/c21-17-14-9-3-4-10-15(14)18(22)20(17)19-16-11-5-7-12-6-1-2-8-13(12)16/h1-4,6,8-10H,5,7,11H2/b19-16+. The van der Waals surface area contributed by atoms with E-state index in [1.165, 1.54) is 5.56 Å². The third kappa shape index (κ3) is 1.88. The highest BCUT2D eigenvalue weighted by Gasteiger charge is 2.36. The Morgan fingerprint density at radius 3 is 2.05 bits per heavy atom. The maximum Gasteiger partial charge on any atom is 0.282 e. The predicted octanol–water partition coefficient (Wildman–Crippen LogP) is 3.02. The van der Waals surface area contributed by atoms with Crippen molar-refractivity contribution < 1.29 is 9.59 Å². The molecule has 108 valence electrons. The number of benzene rings is 2. The summed E-state index contributed by atoms with van der Waals surface area (Å²) in [7, 11) is 0. The highest BCUT2D eigenvalue weighted by Crippen LogP contribution is 2.26. The van der Waals surface area contributed by atoms with Gasteiger partial charge in [-0.15, -0.1) is 0 Å². The zero-order valence-electron chi connectivity index (χ0n) is 12.0. The van der Waals surface area contributed by atoms with Crippen molar-refractivity contribution in [1.82, 2.24) is 5.01 Å². The maximum absolute atomic E-state index is 12.4. The first-order valence-corrected chi connectivity index (χ1v) is 7.39. The monoisotopic (exact) mass is 290 g/mol. The van der Waals surface area contributed by atoms with E-state index in [-0.39, 0.29) is 11.8 Å². The predicted molar refractivity (Wildman–Crippen MR) is 82.9 cm³/mol. The van der Waals surface area contributed by atoms with Gasteiger partial charge in [0.05, 0.1) is 16.8 Å². The van der Waals surface area contributed by atoms with E-state index in [4.69, 9.17) is 0 Å². The van der Waals surface area contributed by atoms with Crippen molar-refractivity contribution in [2.75, 3.05) is 0 Å². The van der Waals surface area contributed by atoms with Gasteiger partial charge in [-0.05, 0) is 37.0 Å². The molecule has 0 saturated carbocycles. The van der Waals surface area contributed by atoms with Gasteiger partial charge in [0.2, 0.25) is 0 Å². The lowest BCUT2D eigenvalue weighted by molar-refractivity contribution is 0.0658. The van der Waals surface area contributed by atoms with Crippen molar-refractivity contribution in [3.63, 3.8) is 0 Å². The van der Waals surface area contributed by atoms with Crippen LogP contribution in [-0.2, 0) is 6.42 Å². The van der Waals surface area contributed by atoms with Crippen molar-refractivity contribution in [1.29, 1.82) is 0 Å². The van der Waals surface area contributed by atoms with Gasteiger partial charge in [0.25, 0.3) is 11.8 Å². The van der Waals surface area contributed by atoms with Crippen LogP contribution in [0.4, 0.5) is 0 Å². The topological polar surface area (TPSA) is 49.7 Å². The molecule has 2 aliphatic rings. The van der Waals surface area contributed by atoms with Gasteiger partial charge in [0.1, 0.15) is 0 Å².